The van der Waals surface area contributed by atoms with Crippen molar-refractivity contribution >= 4 is 94.8 Å². The smallest absolute Gasteiger partial charge is 0.326 e. The number of nitrogens with two attached hydrogens (primary N) is 7. The fourth-order valence-corrected chi connectivity index (χ4v) is 11.5. The van der Waals surface area contributed by atoms with Crippen LogP contribution in [0.1, 0.15) is 141 Å². The molecule has 0 heterocycles. The van der Waals surface area contributed by atoms with Crippen molar-refractivity contribution in [3.8, 4) is 5.75 Å². The third-order valence-corrected chi connectivity index (χ3v) is 17.3. The van der Waals surface area contributed by atoms with Crippen LogP contribution in [0.3, 0.4) is 0 Å². The second kappa shape index (κ2) is 51.0. The van der Waals surface area contributed by atoms with Crippen LogP contribution in [0.2, 0.25) is 0 Å². The van der Waals surface area contributed by atoms with Crippen molar-refractivity contribution < 1.29 is 87.5 Å². The highest BCUT2D eigenvalue weighted by Gasteiger charge is 2.38. The summed E-state index contributed by atoms with van der Waals surface area (Å²) in [5.74, 6) is -16.6. The van der Waals surface area contributed by atoms with Gasteiger partial charge in [-0.05, 0) is 131 Å². The molecular formula is C74H114N20O18. The van der Waals surface area contributed by atoms with Gasteiger partial charge in [0.2, 0.25) is 65.0 Å². The molecule has 29 N–H and O–H groups in total. The molecule has 3 rings (SSSR count). The van der Waals surface area contributed by atoms with Gasteiger partial charge in [0.25, 0.3) is 0 Å². The Hall–Kier alpha value is -11.5. The van der Waals surface area contributed by atoms with Crippen LogP contribution in [0.15, 0.2) is 94.9 Å². The SMILES string of the molecule is CC(C)C[C@H](NC(=O)[C@H](CC(C)C)NC(=O)[C@H](Cc1ccccc1)NC(=O)[C@H](CCC(=O)O)NC(=O)[C@H](CCCN=C(N)N)NC(=O)[C@H](CC(=O)O)NC(=O)[C@H](Cc1ccc(O)cc1)NC(=O)[C@H](CCCN=C(N)N)NC(=O)[C@H](CCCCN)NC(=O)[C@@H](N)CCCCN)C(=O)NCC(=O)N[C@@H](Cc1ccccc1)C(=O)O. The van der Waals surface area contributed by atoms with Crippen LogP contribution >= 0.6 is 0 Å². The Morgan fingerprint density at radius 2 is 0.723 bits per heavy atom. The second-order valence-corrected chi connectivity index (χ2v) is 27.8. The number of carbonyl (C=O) groups is 14. The monoisotopic (exact) mass is 1570 g/mol. The Bertz CT molecular complexity index is 3620. The maximum atomic E-state index is 14.8. The first-order chi connectivity index (χ1) is 53.1. The summed E-state index contributed by atoms with van der Waals surface area (Å²) < 4.78 is 0. The Morgan fingerprint density at radius 1 is 0.375 bits per heavy atom. The van der Waals surface area contributed by atoms with E-state index in [0.717, 1.165) is 0 Å². The summed E-state index contributed by atoms with van der Waals surface area (Å²) in [5.41, 5.74) is 41.2. The van der Waals surface area contributed by atoms with Gasteiger partial charge in [0.05, 0.1) is 19.0 Å². The molecule has 0 bridgehead atoms. The molecule has 11 atom stereocenters. The third-order valence-electron chi connectivity index (χ3n) is 17.3. The lowest BCUT2D eigenvalue weighted by Gasteiger charge is -2.28. The van der Waals surface area contributed by atoms with Crippen molar-refractivity contribution in [2.24, 2.45) is 62.0 Å². The number of aromatic hydroxyl groups is 1. The molecule has 0 aliphatic heterocycles. The first-order valence-electron chi connectivity index (χ1n) is 37.2. The maximum absolute atomic E-state index is 14.8. The summed E-state index contributed by atoms with van der Waals surface area (Å²) in [6.45, 7) is 6.73. The molecule has 3 aromatic carbocycles. The fourth-order valence-electron chi connectivity index (χ4n) is 11.5. The summed E-state index contributed by atoms with van der Waals surface area (Å²) in [4.78, 5) is 202. The van der Waals surface area contributed by atoms with Crippen molar-refractivity contribution in [1.29, 1.82) is 0 Å². The number of nitrogens with one attached hydrogen (secondary N) is 11. The van der Waals surface area contributed by atoms with Gasteiger partial charge in [-0.1, -0.05) is 107 Å². The average Bonchev–Trinajstić information content (AvgIpc) is 0.850. The Labute approximate surface area is 650 Å². The first kappa shape index (κ1) is 94.7. The molecule has 0 aliphatic carbocycles. The summed E-state index contributed by atoms with van der Waals surface area (Å²) in [7, 11) is 0. The van der Waals surface area contributed by atoms with Crippen LogP contribution in [-0.2, 0) is 86.4 Å². The van der Waals surface area contributed by atoms with Gasteiger partial charge in [-0.15, -0.1) is 0 Å². The molecule has 0 saturated heterocycles. The van der Waals surface area contributed by atoms with Crippen LogP contribution in [0.4, 0.5) is 0 Å². The van der Waals surface area contributed by atoms with E-state index in [0.29, 0.717) is 48.9 Å². The molecule has 112 heavy (non-hydrogen) atoms. The summed E-state index contributed by atoms with van der Waals surface area (Å²) in [6.07, 6.45) is -1.77. The van der Waals surface area contributed by atoms with Crippen LogP contribution in [0, 0.1) is 11.8 Å². The zero-order valence-electron chi connectivity index (χ0n) is 63.8. The van der Waals surface area contributed by atoms with E-state index >= 15 is 0 Å². The molecule has 0 saturated carbocycles. The molecule has 618 valence electrons. The number of aliphatic imine (C=N–C) groups is 2. The number of rotatable bonds is 54. The first-order valence-corrected chi connectivity index (χ1v) is 37.2. The van der Waals surface area contributed by atoms with E-state index in [1.54, 1.807) is 88.4 Å². The van der Waals surface area contributed by atoms with Gasteiger partial charge in [0.15, 0.2) is 11.9 Å². The van der Waals surface area contributed by atoms with E-state index in [-0.39, 0.29) is 113 Å². The lowest BCUT2D eigenvalue weighted by Crippen LogP contribution is -2.61. The van der Waals surface area contributed by atoms with Gasteiger partial charge in [0, 0.05) is 38.8 Å². The van der Waals surface area contributed by atoms with Gasteiger partial charge in [0.1, 0.15) is 66.2 Å². The highest BCUT2D eigenvalue weighted by Crippen LogP contribution is 2.17. The quantitative estimate of drug-likeness (QED) is 0.0149. The topological polar surface area (TPSA) is 659 Å². The Kier molecular flexibility index (Phi) is 43.1. The number of carboxylic acids is 3. The van der Waals surface area contributed by atoms with Gasteiger partial charge >= 0.3 is 17.9 Å². The summed E-state index contributed by atoms with van der Waals surface area (Å²) in [5, 5.41) is 68.0. The molecular weight excluding hydrogens is 1460 g/mol. The lowest BCUT2D eigenvalue weighted by atomic mass is 9.99. The van der Waals surface area contributed by atoms with Crippen LogP contribution in [-0.4, -0.2) is 214 Å². The molecule has 0 radical (unpaired) electrons. The van der Waals surface area contributed by atoms with Crippen molar-refractivity contribution in [2.45, 2.75) is 210 Å². The Balaban J connectivity index is 2.04. The van der Waals surface area contributed by atoms with Crippen molar-refractivity contribution in [2.75, 3.05) is 32.7 Å². The third kappa shape index (κ3) is 38.2. The minimum Gasteiger partial charge on any atom is -0.508 e. The van der Waals surface area contributed by atoms with Gasteiger partial charge in [-0.2, -0.15) is 0 Å². The van der Waals surface area contributed by atoms with Gasteiger partial charge < -0.3 is 119 Å². The number of carboxylic acid groups (broad SMARTS) is 3. The molecule has 38 nitrogen and oxygen atoms in total. The highest BCUT2D eigenvalue weighted by atomic mass is 16.4. The number of phenols is 1. The van der Waals surface area contributed by atoms with Crippen LogP contribution in [0.25, 0.3) is 0 Å². The summed E-state index contributed by atoms with van der Waals surface area (Å²) >= 11 is 0. The number of carbonyl (C=O) groups excluding carboxylic acids is 11. The van der Waals surface area contributed by atoms with Gasteiger partial charge in [-0.25, -0.2) is 4.79 Å². The largest absolute Gasteiger partial charge is 0.508 e. The standard InChI is InChI=1S/C74H114N20O18/c1-42(2)35-53(63(102)84-41-59(96)85-58(72(111)112)39-45-19-9-6-10-20-45)90-68(107)54(36-43(3)4)91-69(108)55(37-44-17-7-5-8-18-44)93-67(106)52(29-30-60(97)98)89-65(104)50(23-15-33-82-73(78)79)88-71(110)57(40-61(99)100)94-70(109)56(38-46-25-27-47(95)28-26-46)92-66(105)51(24-16-34-83-74(80)81)87-64(103)49(22-12-14-32-76)86-62(101)48(77)21-11-13-31-75/h5-10,17-20,25-28,42-43,48-58,95H,11-16,21-24,29-41,75-77H2,1-4H3,(H,84,102)(H,85,96)(H,86,101)(H,87,103)(H,88,110)(H,89,104)(H,90,107)(H,91,108)(H,92,105)(H,93,106)(H,94,109)(H,97,98)(H,99,100)(H,111,112)(H4,78,79,82)(H4,80,81,83)/t48-,49-,50-,51-,52-,53-,54-,55-,56-,57-,58-/m0/s1. The number of phenolic OH excluding ortho intramolecular Hbond substituents is 1. The number of unbranched alkanes of at least 4 members (excludes halogenated alkanes) is 2. The predicted octanol–water partition coefficient (Wildman–Crippen LogP) is -3.41. The second-order valence-electron chi connectivity index (χ2n) is 27.8. The fraction of sp³-hybridized carbons (Fsp3) is 0.541. The number of nitrogens with zero attached hydrogens (tertiary/aromatic N) is 2. The van der Waals surface area contributed by atoms with E-state index in [1.165, 1.54) is 24.3 Å². The zero-order chi connectivity index (χ0) is 83.4. The maximum Gasteiger partial charge on any atom is 0.326 e. The van der Waals surface area contributed by atoms with E-state index in [4.69, 9.17) is 40.1 Å². The minimum absolute atomic E-state index is 0.0303. The molecule has 0 aliphatic rings. The molecule has 0 spiro atoms. The predicted molar refractivity (Wildman–Crippen MR) is 414 cm³/mol. The van der Waals surface area contributed by atoms with E-state index in [9.17, 15) is 87.5 Å². The van der Waals surface area contributed by atoms with Crippen LogP contribution < -0.4 is 98.6 Å². The van der Waals surface area contributed by atoms with Crippen LogP contribution in [0.5, 0.6) is 5.75 Å². The number of guanidine groups is 2. The average molecular weight is 1570 g/mol. The molecule has 0 fully saturated rings. The molecule has 11 amide bonds. The van der Waals surface area contributed by atoms with Gasteiger partial charge in [-0.3, -0.25) is 72.3 Å². The van der Waals surface area contributed by atoms with Crippen molar-refractivity contribution in [3.05, 3.63) is 102 Å². The minimum atomic E-state index is -2.08. The van der Waals surface area contributed by atoms with Crippen molar-refractivity contribution in [1.82, 2.24) is 58.5 Å². The highest BCUT2D eigenvalue weighted by molar-refractivity contribution is 6.00. The van der Waals surface area contributed by atoms with E-state index < -0.39 is 182 Å². The zero-order valence-corrected chi connectivity index (χ0v) is 63.8. The number of hydrogen-bond donors (Lipinski definition) is 22. The van der Waals surface area contributed by atoms with Crippen molar-refractivity contribution in [3.63, 3.8) is 0 Å². The normalized spacial score (nSPS) is 14.0. The van der Waals surface area contributed by atoms with E-state index in [1.807, 2.05) is 0 Å². The number of aliphatic carboxylic acids is 3. The molecule has 0 aromatic heterocycles. The Morgan fingerprint density at radius 3 is 1.13 bits per heavy atom. The number of benzene rings is 3. The number of hydrogen-bond acceptors (Lipinski definition) is 20. The van der Waals surface area contributed by atoms with E-state index in [2.05, 4.69) is 68.5 Å². The molecule has 3 aromatic rings. The lowest BCUT2D eigenvalue weighted by molar-refractivity contribution is -0.142. The molecule has 38 heteroatoms. The number of amides is 11. The summed E-state index contributed by atoms with van der Waals surface area (Å²) in [6, 6.07) is 5.18. The molecule has 0 unspecified atom stereocenters.